The quantitative estimate of drug-likeness (QED) is 0.366. The SMILES string of the molecule is CC(C)(C)c1cccc[c]1[Sb]([c]1ccccc1C(C)(C)C)[c]1ccccc1C(C)(C)C. The van der Waals surface area contributed by atoms with Crippen molar-refractivity contribution in [2.75, 3.05) is 0 Å². The molecule has 0 atom stereocenters. The average Bonchev–Trinajstić information content (AvgIpc) is 2.67. The van der Waals surface area contributed by atoms with Crippen molar-refractivity contribution < 1.29 is 0 Å². The molecular formula is C30H39Sb. The molecule has 0 nitrogen and oxygen atoms in total. The van der Waals surface area contributed by atoms with E-state index in [0.717, 1.165) is 0 Å². The third-order valence-corrected chi connectivity index (χ3v) is 13.3. The standard InChI is InChI=1S/3C10H13.Sb/c3*1-10(2,3)9-7-5-4-6-8-9;/h3*4-7H,1-3H3;. The summed E-state index contributed by atoms with van der Waals surface area (Å²) in [6.45, 7) is 21.2. The Morgan fingerprint density at radius 1 is 0.387 bits per heavy atom. The van der Waals surface area contributed by atoms with Crippen LogP contribution in [0.3, 0.4) is 0 Å². The fourth-order valence-corrected chi connectivity index (χ4v) is 14.1. The molecule has 0 amide bonds. The monoisotopic (exact) mass is 520 g/mol. The van der Waals surface area contributed by atoms with Gasteiger partial charge in [-0.1, -0.05) is 0 Å². The maximum absolute atomic E-state index is 2.43. The Labute approximate surface area is 198 Å². The van der Waals surface area contributed by atoms with Crippen LogP contribution in [0.4, 0.5) is 0 Å². The molecule has 0 heterocycles. The molecule has 3 aromatic rings. The van der Waals surface area contributed by atoms with Gasteiger partial charge < -0.3 is 0 Å². The van der Waals surface area contributed by atoms with E-state index >= 15 is 0 Å². The number of hydrogen-bond donors (Lipinski definition) is 0. The first-order chi connectivity index (χ1) is 14.3. The molecular weight excluding hydrogens is 482 g/mol. The molecule has 0 radical (unpaired) electrons. The van der Waals surface area contributed by atoms with Crippen LogP contribution in [-0.4, -0.2) is 20.2 Å². The Morgan fingerprint density at radius 3 is 0.839 bits per heavy atom. The van der Waals surface area contributed by atoms with Gasteiger partial charge in [0.1, 0.15) is 0 Å². The van der Waals surface area contributed by atoms with Crippen LogP contribution in [0.15, 0.2) is 72.8 Å². The van der Waals surface area contributed by atoms with E-state index in [-0.39, 0.29) is 16.2 Å². The average molecular weight is 521 g/mol. The van der Waals surface area contributed by atoms with E-state index in [1.165, 1.54) is 16.7 Å². The second-order valence-corrected chi connectivity index (χ2v) is 17.7. The summed E-state index contributed by atoms with van der Waals surface area (Å²) in [5.41, 5.74) is 4.87. The second-order valence-electron chi connectivity index (χ2n) is 11.6. The van der Waals surface area contributed by atoms with Crippen molar-refractivity contribution in [2.45, 2.75) is 78.6 Å². The number of hydrogen-bond acceptors (Lipinski definition) is 0. The Kier molecular flexibility index (Phi) is 6.84. The van der Waals surface area contributed by atoms with Crippen molar-refractivity contribution in [3.8, 4) is 0 Å². The van der Waals surface area contributed by atoms with Crippen molar-refractivity contribution in [1.29, 1.82) is 0 Å². The first-order valence-corrected chi connectivity index (χ1v) is 15.2. The topological polar surface area (TPSA) is 0 Å². The molecule has 164 valence electrons. The van der Waals surface area contributed by atoms with Gasteiger partial charge in [0.15, 0.2) is 0 Å². The van der Waals surface area contributed by atoms with E-state index in [9.17, 15) is 0 Å². The summed E-state index contributed by atoms with van der Waals surface area (Å²) in [5, 5.41) is 0. The van der Waals surface area contributed by atoms with E-state index in [1.807, 2.05) is 0 Å². The third-order valence-electron chi connectivity index (χ3n) is 5.86. The molecule has 0 aromatic heterocycles. The van der Waals surface area contributed by atoms with Crippen LogP contribution in [0.5, 0.6) is 0 Å². The Morgan fingerprint density at radius 2 is 0.613 bits per heavy atom. The maximum atomic E-state index is 2.43. The second kappa shape index (κ2) is 8.78. The molecule has 1 heteroatoms. The first kappa shape index (κ1) is 24.1. The van der Waals surface area contributed by atoms with Gasteiger partial charge >= 0.3 is 199 Å². The third kappa shape index (κ3) is 5.28. The Balaban J connectivity index is 2.44. The zero-order valence-corrected chi connectivity index (χ0v) is 23.4. The molecule has 0 unspecified atom stereocenters. The first-order valence-electron chi connectivity index (χ1n) is 11.4. The van der Waals surface area contributed by atoms with Gasteiger partial charge in [-0.05, 0) is 0 Å². The molecule has 3 rings (SSSR count). The van der Waals surface area contributed by atoms with Crippen molar-refractivity contribution in [1.82, 2.24) is 0 Å². The Bertz CT molecular complexity index is 902. The molecule has 0 saturated carbocycles. The van der Waals surface area contributed by atoms with Crippen LogP contribution in [0.25, 0.3) is 0 Å². The van der Waals surface area contributed by atoms with Gasteiger partial charge in [-0.15, -0.1) is 0 Å². The summed E-state index contributed by atoms with van der Waals surface area (Å²) in [7, 11) is 0. The van der Waals surface area contributed by atoms with Crippen molar-refractivity contribution in [3.63, 3.8) is 0 Å². The predicted octanol–water partition coefficient (Wildman–Crippen LogP) is 6.10. The molecule has 0 aliphatic heterocycles. The van der Waals surface area contributed by atoms with Gasteiger partial charge in [0, 0.05) is 0 Å². The van der Waals surface area contributed by atoms with Gasteiger partial charge in [0.2, 0.25) is 0 Å². The Hall–Kier alpha value is -1.52. The fourth-order valence-electron chi connectivity index (χ4n) is 4.30. The number of benzene rings is 3. The summed E-state index contributed by atoms with van der Waals surface area (Å²) in [6.07, 6.45) is 0. The van der Waals surface area contributed by atoms with E-state index < -0.39 is 20.2 Å². The van der Waals surface area contributed by atoms with Crippen LogP contribution >= 0.6 is 0 Å². The van der Waals surface area contributed by atoms with Gasteiger partial charge in [0.05, 0.1) is 0 Å². The van der Waals surface area contributed by atoms with Gasteiger partial charge in [-0.25, -0.2) is 0 Å². The van der Waals surface area contributed by atoms with E-state index in [0.29, 0.717) is 0 Å². The van der Waals surface area contributed by atoms with Crippen LogP contribution in [0.1, 0.15) is 79.0 Å². The van der Waals surface area contributed by atoms with E-state index in [4.69, 9.17) is 0 Å². The fraction of sp³-hybridized carbons (Fsp3) is 0.400. The van der Waals surface area contributed by atoms with E-state index in [1.54, 1.807) is 10.5 Å². The molecule has 0 bridgehead atoms. The molecule has 0 aliphatic carbocycles. The predicted molar refractivity (Wildman–Crippen MR) is 140 cm³/mol. The van der Waals surface area contributed by atoms with Gasteiger partial charge in [-0.3, -0.25) is 0 Å². The molecule has 0 aliphatic rings. The summed E-state index contributed by atoms with van der Waals surface area (Å²) < 4.78 is 4.81. The summed E-state index contributed by atoms with van der Waals surface area (Å²) in [6, 6.07) is 27.8. The van der Waals surface area contributed by atoms with Crippen LogP contribution in [-0.2, 0) is 16.2 Å². The molecule has 31 heavy (non-hydrogen) atoms. The normalized spacial score (nSPS) is 13.0. The number of rotatable bonds is 3. The zero-order valence-electron chi connectivity index (χ0n) is 20.9. The minimum absolute atomic E-state index is 0.117. The van der Waals surface area contributed by atoms with Crippen molar-refractivity contribution >= 4 is 30.7 Å². The van der Waals surface area contributed by atoms with Gasteiger partial charge in [-0.2, -0.15) is 0 Å². The van der Waals surface area contributed by atoms with Crippen molar-refractivity contribution in [2.24, 2.45) is 0 Å². The summed E-state index contributed by atoms with van der Waals surface area (Å²) >= 11 is -2.34. The molecule has 0 saturated heterocycles. The molecule has 0 N–H and O–H groups in total. The van der Waals surface area contributed by atoms with Crippen molar-refractivity contribution in [3.05, 3.63) is 89.5 Å². The molecule has 3 aromatic carbocycles. The van der Waals surface area contributed by atoms with Crippen LogP contribution in [0, 0.1) is 0 Å². The minimum atomic E-state index is -2.34. The molecule has 0 spiro atoms. The molecule has 0 fully saturated rings. The van der Waals surface area contributed by atoms with Crippen LogP contribution in [0.2, 0.25) is 0 Å². The zero-order chi connectivity index (χ0) is 23.0. The van der Waals surface area contributed by atoms with Crippen LogP contribution < -0.4 is 10.5 Å². The summed E-state index contributed by atoms with van der Waals surface area (Å²) in [5.74, 6) is 0. The van der Waals surface area contributed by atoms with Gasteiger partial charge in [0.25, 0.3) is 0 Å². The summed E-state index contributed by atoms with van der Waals surface area (Å²) in [4.78, 5) is 0. The van der Waals surface area contributed by atoms with E-state index in [2.05, 4.69) is 135 Å².